The van der Waals surface area contributed by atoms with Gasteiger partial charge in [0.05, 0.1) is 25.3 Å². The van der Waals surface area contributed by atoms with Gasteiger partial charge in [-0.2, -0.15) is 0 Å². The Morgan fingerprint density at radius 2 is 0.704 bits per heavy atom. The number of esters is 2. The molecule has 0 unspecified atom stereocenters. The normalized spacial score (nSPS) is 10.9. The molecule has 8 aromatic carbocycles. The van der Waals surface area contributed by atoms with Crippen molar-refractivity contribution in [1.82, 2.24) is 0 Å². The van der Waals surface area contributed by atoms with Crippen molar-refractivity contribution in [3.63, 3.8) is 0 Å². The lowest BCUT2D eigenvalue weighted by atomic mass is 9.92. The maximum absolute atomic E-state index is 13.8. The number of benzene rings is 8. The minimum atomic E-state index is -0.511. The van der Waals surface area contributed by atoms with Crippen molar-refractivity contribution in [2.45, 2.75) is 0 Å². The molecule has 0 saturated heterocycles. The van der Waals surface area contributed by atoms with Crippen LogP contribution >= 0.6 is 0 Å². The van der Waals surface area contributed by atoms with E-state index in [0.29, 0.717) is 33.8 Å². The Morgan fingerprint density at radius 3 is 1.06 bits per heavy atom. The van der Waals surface area contributed by atoms with Gasteiger partial charge in [-0.25, -0.2) is 9.59 Å². The fourth-order valence-corrected chi connectivity index (χ4v) is 6.67. The summed E-state index contributed by atoms with van der Waals surface area (Å²) in [5.74, 6) is 1.21. The van der Waals surface area contributed by atoms with Gasteiger partial charge in [-0.3, -0.25) is 0 Å². The zero-order chi connectivity index (χ0) is 37.0. The van der Waals surface area contributed by atoms with Crippen molar-refractivity contribution in [3.05, 3.63) is 181 Å². The quantitative estimate of drug-likeness (QED) is 0.110. The van der Waals surface area contributed by atoms with E-state index in [9.17, 15) is 9.59 Å². The number of carbonyl (C=O) groups excluding carboxylic acids is 2. The molecule has 0 aliphatic heterocycles. The highest BCUT2D eigenvalue weighted by Crippen LogP contribution is 2.46. The van der Waals surface area contributed by atoms with Crippen LogP contribution in [0.25, 0.3) is 54.9 Å². The molecule has 0 bridgehead atoms. The fraction of sp³-hybridized carbons (Fsp3) is 0.0417. The first-order valence-electron chi connectivity index (χ1n) is 17.5. The van der Waals surface area contributed by atoms with E-state index in [2.05, 4.69) is 0 Å². The van der Waals surface area contributed by atoms with Crippen LogP contribution in [-0.4, -0.2) is 26.2 Å². The number of hydrogen-bond donors (Lipinski definition) is 0. The third-order valence-electron chi connectivity index (χ3n) is 9.52. The van der Waals surface area contributed by atoms with Crippen LogP contribution in [-0.2, 0) is 0 Å². The highest BCUT2D eigenvalue weighted by molar-refractivity contribution is 6.11. The molecule has 0 aromatic heterocycles. The van der Waals surface area contributed by atoms with Gasteiger partial charge in [-0.05, 0) is 104 Å². The topological polar surface area (TPSA) is 71.1 Å². The van der Waals surface area contributed by atoms with E-state index < -0.39 is 11.9 Å². The van der Waals surface area contributed by atoms with Gasteiger partial charge < -0.3 is 18.9 Å². The number of ether oxygens (including phenoxy) is 4. The summed E-state index contributed by atoms with van der Waals surface area (Å²) in [4.78, 5) is 27.6. The molecule has 8 rings (SSSR count). The molecule has 0 N–H and O–H groups in total. The molecule has 8 aromatic rings. The predicted octanol–water partition coefficient (Wildman–Crippen LogP) is 11.4. The van der Waals surface area contributed by atoms with E-state index in [0.717, 1.165) is 55.3 Å². The third-order valence-corrected chi connectivity index (χ3v) is 9.52. The molecular formula is C48H34O6. The third kappa shape index (κ3) is 6.76. The van der Waals surface area contributed by atoms with Crippen LogP contribution in [0.2, 0.25) is 0 Å². The Labute approximate surface area is 312 Å². The molecule has 0 radical (unpaired) electrons. The molecule has 0 saturated carbocycles. The average molecular weight is 707 g/mol. The van der Waals surface area contributed by atoms with Crippen LogP contribution in [0.3, 0.4) is 0 Å². The first kappa shape index (κ1) is 33.9. The number of carbonyl (C=O) groups is 2. The molecule has 6 heteroatoms. The number of hydrogen-bond acceptors (Lipinski definition) is 6. The minimum absolute atomic E-state index is 0.343. The number of rotatable bonds is 9. The van der Waals surface area contributed by atoms with Crippen LogP contribution in [0, 0.1) is 0 Å². The zero-order valence-corrected chi connectivity index (χ0v) is 29.6. The Bertz CT molecular complexity index is 2440. The molecule has 0 atom stereocenters. The van der Waals surface area contributed by atoms with Crippen molar-refractivity contribution >= 4 is 33.5 Å². The Hall–Kier alpha value is -7.18. The Kier molecular flexibility index (Phi) is 9.31. The van der Waals surface area contributed by atoms with Gasteiger partial charge in [-0.1, -0.05) is 109 Å². The van der Waals surface area contributed by atoms with Crippen LogP contribution in [0.5, 0.6) is 23.0 Å². The van der Waals surface area contributed by atoms with E-state index in [-0.39, 0.29) is 0 Å². The summed E-state index contributed by atoms with van der Waals surface area (Å²) in [6, 6.07) is 53.3. The number of methoxy groups -OCH3 is 2. The zero-order valence-electron chi connectivity index (χ0n) is 29.6. The van der Waals surface area contributed by atoms with Crippen LogP contribution in [0.15, 0.2) is 170 Å². The fourth-order valence-electron chi connectivity index (χ4n) is 6.67. The van der Waals surface area contributed by atoms with E-state index in [1.807, 2.05) is 133 Å². The predicted molar refractivity (Wildman–Crippen MR) is 214 cm³/mol. The summed E-state index contributed by atoms with van der Waals surface area (Å²) in [6.45, 7) is 0. The van der Waals surface area contributed by atoms with Gasteiger partial charge in [0.15, 0.2) is 0 Å². The molecule has 54 heavy (non-hydrogen) atoms. The Morgan fingerprint density at radius 1 is 0.370 bits per heavy atom. The standard InChI is InChI=1S/C48H34O6/c1-51-39-25-19-33(20-26-39)31-11-15-37(16-12-31)47(49)53-43-29-23-35-7-3-5-9-41(35)45(43)46-42-10-6-4-8-36(42)24-30-44(46)54-48(50)38-17-13-32(14-18-38)34-21-27-40(52-2)28-22-34/h3-30H,1-2H3. The van der Waals surface area contributed by atoms with Crippen LogP contribution < -0.4 is 18.9 Å². The molecule has 6 nitrogen and oxygen atoms in total. The average Bonchev–Trinajstić information content (AvgIpc) is 3.24. The van der Waals surface area contributed by atoms with E-state index in [1.165, 1.54) is 0 Å². The van der Waals surface area contributed by atoms with Gasteiger partial charge in [-0.15, -0.1) is 0 Å². The van der Waals surface area contributed by atoms with Crippen molar-refractivity contribution in [2.24, 2.45) is 0 Å². The lowest BCUT2D eigenvalue weighted by molar-refractivity contribution is 0.0723. The molecule has 0 aliphatic rings. The smallest absolute Gasteiger partial charge is 0.343 e. The van der Waals surface area contributed by atoms with E-state index >= 15 is 0 Å². The van der Waals surface area contributed by atoms with Crippen molar-refractivity contribution in [3.8, 4) is 56.4 Å². The van der Waals surface area contributed by atoms with Gasteiger partial charge in [0.1, 0.15) is 23.0 Å². The lowest BCUT2D eigenvalue weighted by Crippen LogP contribution is -2.11. The summed E-state index contributed by atoms with van der Waals surface area (Å²) in [6.07, 6.45) is 0. The summed E-state index contributed by atoms with van der Waals surface area (Å²) < 4.78 is 23.0. The van der Waals surface area contributed by atoms with Gasteiger partial charge >= 0.3 is 11.9 Å². The molecule has 0 fully saturated rings. The first-order chi connectivity index (χ1) is 26.5. The van der Waals surface area contributed by atoms with Crippen LogP contribution in [0.4, 0.5) is 0 Å². The number of fused-ring (bicyclic) bond motifs is 2. The highest BCUT2D eigenvalue weighted by Gasteiger charge is 2.23. The second kappa shape index (κ2) is 14.8. The summed E-state index contributed by atoms with van der Waals surface area (Å²) in [7, 11) is 3.27. The summed E-state index contributed by atoms with van der Waals surface area (Å²) >= 11 is 0. The summed E-state index contributed by atoms with van der Waals surface area (Å²) in [5, 5.41) is 3.57. The summed E-state index contributed by atoms with van der Waals surface area (Å²) in [5.41, 5.74) is 5.99. The monoisotopic (exact) mass is 706 g/mol. The maximum Gasteiger partial charge on any atom is 0.343 e. The van der Waals surface area contributed by atoms with Gasteiger partial charge in [0.25, 0.3) is 0 Å². The molecule has 0 heterocycles. The molecular weight excluding hydrogens is 673 g/mol. The molecule has 262 valence electrons. The molecule has 0 spiro atoms. The van der Waals surface area contributed by atoms with Crippen molar-refractivity contribution < 1.29 is 28.5 Å². The van der Waals surface area contributed by atoms with Gasteiger partial charge in [0, 0.05) is 11.1 Å². The second-order valence-corrected chi connectivity index (χ2v) is 12.7. The molecule has 0 amide bonds. The first-order valence-corrected chi connectivity index (χ1v) is 17.5. The Balaban J connectivity index is 1.16. The maximum atomic E-state index is 13.8. The lowest BCUT2D eigenvalue weighted by Gasteiger charge is -2.19. The van der Waals surface area contributed by atoms with E-state index in [1.54, 1.807) is 50.6 Å². The SMILES string of the molecule is COc1ccc(-c2ccc(C(=O)Oc3ccc4ccccc4c3-c3c(OC(=O)c4ccc(-c5ccc(OC)cc5)cc4)ccc4ccccc34)cc2)cc1. The minimum Gasteiger partial charge on any atom is -0.497 e. The van der Waals surface area contributed by atoms with E-state index in [4.69, 9.17) is 18.9 Å². The van der Waals surface area contributed by atoms with Gasteiger partial charge in [0.2, 0.25) is 0 Å². The van der Waals surface area contributed by atoms with Crippen molar-refractivity contribution in [1.29, 1.82) is 0 Å². The largest absolute Gasteiger partial charge is 0.497 e. The van der Waals surface area contributed by atoms with Crippen LogP contribution in [0.1, 0.15) is 20.7 Å². The van der Waals surface area contributed by atoms with Crippen molar-refractivity contribution in [2.75, 3.05) is 14.2 Å². The molecule has 0 aliphatic carbocycles. The highest BCUT2D eigenvalue weighted by atomic mass is 16.5. The second-order valence-electron chi connectivity index (χ2n) is 12.7.